The van der Waals surface area contributed by atoms with Crippen LogP contribution < -0.4 is 4.52 Å². The van der Waals surface area contributed by atoms with Crippen molar-refractivity contribution in [2.24, 2.45) is 0 Å². The van der Waals surface area contributed by atoms with Crippen molar-refractivity contribution < 1.29 is 4.52 Å². The zero-order valence-electron chi connectivity index (χ0n) is 8.12. The second kappa shape index (κ2) is 6.91. The maximum atomic E-state index is 5.58. The summed E-state index contributed by atoms with van der Waals surface area (Å²) in [5, 5.41) is 0. The summed E-state index contributed by atoms with van der Waals surface area (Å²) < 4.78 is 5.58. The first-order valence-corrected chi connectivity index (χ1v) is 5.99. The molecule has 0 aromatic heterocycles. The van der Waals surface area contributed by atoms with Crippen LogP contribution in [0.15, 0.2) is 30.3 Å². The number of rotatable bonds is 6. The van der Waals surface area contributed by atoms with Crippen LogP contribution in [0.25, 0.3) is 0 Å². The molecule has 0 spiro atoms. The van der Waals surface area contributed by atoms with Gasteiger partial charge in [0, 0.05) is 6.16 Å². The van der Waals surface area contributed by atoms with Gasteiger partial charge in [0.25, 0.3) is 0 Å². The highest BCUT2D eigenvalue weighted by Gasteiger charge is 1.91. The SMILES string of the molecule is CCCCCPOc1ccccc1. The molecule has 0 radical (unpaired) electrons. The summed E-state index contributed by atoms with van der Waals surface area (Å²) >= 11 is 0. The van der Waals surface area contributed by atoms with E-state index in [0.717, 1.165) is 5.75 Å². The predicted octanol–water partition coefficient (Wildman–Crippen LogP) is 3.85. The minimum atomic E-state index is 0.620. The number of para-hydroxylation sites is 1. The predicted molar refractivity (Wildman–Crippen MR) is 59.8 cm³/mol. The minimum absolute atomic E-state index is 0.620. The smallest absolute Gasteiger partial charge is 0.122 e. The molecule has 0 bridgehead atoms. The van der Waals surface area contributed by atoms with Gasteiger partial charge in [-0.15, -0.1) is 0 Å². The van der Waals surface area contributed by atoms with Crippen molar-refractivity contribution in [1.82, 2.24) is 0 Å². The third kappa shape index (κ3) is 4.90. The second-order valence-electron chi connectivity index (χ2n) is 3.02. The van der Waals surface area contributed by atoms with Gasteiger partial charge in [-0.05, 0) is 18.6 Å². The van der Waals surface area contributed by atoms with Crippen LogP contribution in [0.3, 0.4) is 0 Å². The standard InChI is InChI=1S/C11H17OP/c1-2-3-7-10-13-12-11-8-5-4-6-9-11/h4-6,8-9,13H,2-3,7,10H2,1H3. The average Bonchev–Trinajstić information content (AvgIpc) is 2.19. The number of unbranched alkanes of at least 4 members (excludes halogenated alkanes) is 2. The quantitative estimate of drug-likeness (QED) is 0.496. The van der Waals surface area contributed by atoms with Crippen LogP contribution in [0.2, 0.25) is 0 Å². The molecule has 0 amide bonds. The van der Waals surface area contributed by atoms with Crippen molar-refractivity contribution in [1.29, 1.82) is 0 Å². The lowest BCUT2D eigenvalue weighted by molar-refractivity contribution is 0.625. The van der Waals surface area contributed by atoms with Crippen molar-refractivity contribution >= 4 is 8.81 Å². The molecule has 0 saturated heterocycles. The summed E-state index contributed by atoms with van der Waals surface area (Å²) in [6.07, 6.45) is 5.10. The van der Waals surface area contributed by atoms with Gasteiger partial charge in [0.05, 0.1) is 8.81 Å². The Balaban J connectivity index is 2.07. The molecule has 0 aliphatic heterocycles. The molecule has 1 unspecified atom stereocenters. The zero-order valence-corrected chi connectivity index (χ0v) is 9.12. The number of hydrogen-bond acceptors (Lipinski definition) is 1. The number of hydrogen-bond donors (Lipinski definition) is 0. The van der Waals surface area contributed by atoms with Crippen molar-refractivity contribution in [2.75, 3.05) is 6.16 Å². The Labute approximate surface area is 82.4 Å². The Morgan fingerprint density at radius 3 is 2.62 bits per heavy atom. The highest BCUT2D eigenvalue weighted by atomic mass is 31.1. The van der Waals surface area contributed by atoms with Gasteiger partial charge in [0.2, 0.25) is 0 Å². The zero-order chi connectivity index (χ0) is 9.36. The van der Waals surface area contributed by atoms with Gasteiger partial charge in [-0.2, -0.15) is 0 Å². The Bertz CT molecular complexity index is 211. The lowest BCUT2D eigenvalue weighted by atomic mass is 10.3. The summed E-state index contributed by atoms with van der Waals surface area (Å²) in [7, 11) is 0.620. The number of benzene rings is 1. The summed E-state index contributed by atoms with van der Waals surface area (Å²) in [5.41, 5.74) is 0. The van der Waals surface area contributed by atoms with E-state index in [1.54, 1.807) is 0 Å². The lowest BCUT2D eigenvalue weighted by Crippen LogP contribution is -1.82. The molecule has 1 rings (SSSR count). The molecule has 1 nitrogen and oxygen atoms in total. The fourth-order valence-corrected chi connectivity index (χ4v) is 1.87. The van der Waals surface area contributed by atoms with Crippen molar-refractivity contribution in [3.05, 3.63) is 30.3 Å². The van der Waals surface area contributed by atoms with E-state index in [2.05, 4.69) is 6.92 Å². The Morgan fingerprint density at radius 2 is 1.92 bits per heavy atom. The molecule has 0 aliphatic rings. The van der Waals surface area contributed by atoms with Crippen molar-refractivity contribution in [3.8, 4) is 5.75 Å². The Morgan fingerprint density at radius 1 is 1.15 bits per heavy atom. The van der Waals surface area contributed by atoms with Crippen LogP contribution in [0, 0.1) is 0 Å². The van der Waals surface area contributed by atoms with E-state index < -0.39 is 0 Å². The largest absolute Gasteiger partial charge is 0.477 e. The Kier molecular flexibility index (Phi) is 5.60. The molecule has 0 fully saturated rings. The summed E-state index contributed by atoms with van der Waals surface area (Å²) in [5.74, 6) is 0.998. The van der Waals surface area contributed by atoms with Gasteiger partial charge < -0.3 is 4.52 Å². The molecule has 13 heavy (non-hydrogen) atoms. The molecule has 72 valence electrons. The van der Waals surface area contributed by atoms with E-state index in [4.69, 9.17) is 4.52 Å². The van der Waals surface area contributed by atoms with Gasteiger partial charge in [-0.3, -0.25) is 0 Å². The van der Waals surface area contributed by atoms with Crippen LogP contribution in [0.5, 0.6) is 5.75 Å². The topological polar surface area (TPSA) is 9.23 Å². The average molecular weight is 196 g/mol. The molecule has 0 saturated carbocycles. The van der Waals surface area contributed by atoms with E-state index in [-0.39, 0.29) is 0 Å². The van der Waals surface area contributed by atoms with Gasteiger partial charge in [-0.25, -0.2) is 0 Å². The van der Waals surface area contributed by atoms with Crippen LogP contribution in [0.1, 0.15) is 26.2 Å². The van der Waals surface area contributed by atoms with E-state index >= 15 is 0 Å². The van der Waals surface area contributed by atoms with Gasteiger partial charge in [0.1, 0.15) is 5.75 Å². The molecule has 1 aromatic carbocycles. The third-order valence-corrected chi connectivity index (χ3v) is 2.75. The molecule has 1 aromatic rings. The van der Waals surface area contributed by atoms with Crippen molar-refractivity contribution in [2.45, 2.75) is 26.2 Å². The van der Waals surface area contributed by atoms with Crippen LogP contribution >= 0.6 is 8.81 Å². The van der Waals surface area contributed by atoms with E-state index in [1.165, 1.54) is 25.4 Å². The van der Waals surface area contributed by atoms with Crippen LogP contribution in [0.4, 0.5) is 0 Å². The molecule has 0 heterocycles. The summed E-state index contributed by atoms with van der Waals surface area (Å²) in [4.78, 5) is 0. The minimum Gasteiger partial charge on any atom is -0.477 e. The first-order chi connectivity index (χ1) is 6.43. The molecule has 0 N–H and O–H groups in total. The van der Waals surface area contributed by atoms with Gasteiger partial charge in [0.15, 0.2) is 0 Å². The first kappa shape index (κ1) is 10.5. The lowest BCUT2D eigenvalue weighted by Gasteiger charge is -2.04. The molecule has 0 aliphatic carbocycles. The molecule has 2 heteroatoms. The Hall–Kier alpha value is -0.550. The van der Waals surface area contributed by atoms with Crippen LogP contribution in [-0.4, -0.2) is 6.16 Å². The van der Waals surface area contributed by atoms with E-state index in [0.29, 0.717) is 8.81 Å². The fraction of sp³-hybridized carbons (Fsp3) is 0.455. The highest BCUT2D eigenvalue weighted by Crippen LogP contribution is 2.20. The summed E-state index contributed by atoms with van der Waals surface area (Å²) in [6, 6.07) is 10.0. The fourth-order valence-electron chi connectivity index (χ4n) is 1.07. The highest BCUT2D eigenvalue weighted by molar-refractivity contribution is 7.32. The molecular weight excluding hydrogens is 179 g/mol. The maximum Gasteiger partial charge on any atom is 0.122 e. The summed E-state index contributed by atoms with van der Waals surface area (Å²) in [6.45, 7) is 2.22. The van der Waals surface area contributed by atoms with Gasteiger partial charge >= 0.3 is 0 Å². The van der Waals surface area contributed by atoms with Crippen molar-refractivity contribution in [3.63, 3.8) is 0 Å². The van der Waals surface area contributed by atoms with Crippen LogP contribution in [-0.2, 0) is 0 Å². The monoisotopic (exact) mass is 196 g/mol. The van der Waals surface area contributed by atoms with Gasteiger partial charge in [-0.1, -0.05) is 38.0 Å². The molecule has 1 atom stereocenters. The third-order valence-electron chi connectivity index (χ3n) is 1.82. The van der Waals surface area contributed by atoms with E-state index in [9.17, 15) is 0 Å². The first-order valence-electron chi connectivity index (χ1n) is 4.88. The van der Waals surface area contributed by atoms with E-state index in [1.807, 2.05) is 30.3 Å². The second-order valence-corrected chi connectivity index (χ2v) is 4.01. The molecular formula is C11H17OP. The normalized spacial score (nSPS) is 10.8. The maximum absolute atomic E-state index is 5.58.